The first kappa shape index (κ1) is 23.4. The molecule has 0 saturated heterocycles. The summed E-state index contributed by atoms with van der Waals surface area (Å²) < 4.78 is 41.3. The third kappa shape index (κ3) is 9.67. The van der Waals surface area contributed by atoms with Gasteiger partial charge in [0, 0.05) is 38.3 Å². The SMILES string of the molecule is CN=C(NCCCOCC(F)(F)F)N(C)Cc1ccccc1Br.I. The number of rotatable bonds is 7. The number of hydrogen-bond donors (Lipinski definition) is 1. The van der Waals surface area contributed by atoms with Crippen molar-refractivity contribution in [2.24, 2.45) is 4.99 Å². The highest BCUT2D eigenvalue weighted by molar-refractivity contribution is 14.0. The maximum atomic E-state index is 11.9. The van der Waals surface area contributed by atoms with Crippen LogP contribution in [0.25, 0.3) is 0 Å². The summed E-state index contributed by atoms with van der Waals surface area (Å²) in [4.78, 5) is 6.11. The second-order valence-electron chi connectivity index (χ2n) is 4.94. The van der Waals surface area contributed by atoms with E-state index in [0.717, 1.165) is 10.0 Å². The monoisotopic (exact) mass is 523 g/mol. The molecule has 24 heavy (non-hydrogen) atoms. The van der Waals surface area contributed by atoms with Crippen LogP contribution in [-0.2, 0) is 11.3 Å². The second-order valence-corrected chi connectivity index (χ2v) is 5.80. The zero-order chi connectivity index (χ0) is 17.3. The van der Waals surface area contributed by atoms with Crippen LogP contribution in [0.15, 0.2) is 33.7 Å². The predicted octanol–water partition coefficient (Wildman–Crippen LogP) is 4.04. The Labute approximate surface area is 166 Å². The van der Waals surface area contributed by atoms with E-state index in [-0.39, 0.29) is 30.6 Å². The third-order valence-electron chi connectivity index (χ3n) is 2.95. The fraction of sp³-hybridized carbons (Fsp3) is 0.533. The van der Waals surface area contributed by atoms with Crippen molar-refractivity contribution in [3.8, 4) is 0 Å². The molecule has 1 rings (SSSR count). The molecule has 1 aromatic rings. The number of aliphatic imine (C=N–C) groups is 1. The molecule has 4 nitrogen and oxygen atoms in total. The molecule has 0 amide bonds. The van der Waals surface area contributed by atoms with Crippen molar-refractivity contribution in [2.45, 2.75) is 19.1 Å². The molecule has 0 unspecified atom stereocenters. The second kappa shape index (κ2) is 11.9. The Bertz CT molecular complexity index is 515. The van der Waals surface area contributed by atoms with Gasteiger partial charge < -0.3 is 15.0 Å². The van der Waals surface area contributed by atoms with Crippen LogP contribution in [0.5, 0.6) is 0 Å². The lowest BCUT2D eigenvalue weighted by Crippen LogP contribution is -2.39. The molecule has 1 N–H and O–H groups in total. The number of nitrogens with one attached hydrogen (secondary N) is 1. The van der Waals surface area contributed by atoms with Crippen molar-refractivity contribution >= 4 is 45.9 Å². The summed E-state index contributed by atoms with van der Waals surface area (Å²) in [5.41, 5.74) is 1.12. The van der Waals surface area contributed by atoms with E-state index in [1.165, 1.54) is 0 Å². The fourth-order valence-electron chi connectivity index (χ4n) is 1.90. The molecule has 0 atom stereocenters. The fourth-order valence-corrected chi connectivity index (χ4v) is 2.31. The highest BCUT2D eigenvalue weighted by atomic mass is 127. The van der Waals surface area contributed by atoms with E-state index in [9.17, 15) is 13.2 Å². The molecular weight excluding hydrogens is 502 g/mol. The number of nitrogens with zero attached hydrogens (tertiary/aromatic N) is 2. The number of ether oxygens (including phenoxy) is 1. The lowest BCUT2D eigenvalue weighted by atomic mass is 10.2. The van der Waals surface area contributed by atoms with Gasteiger partial charge in [0.2, 0.25) is 0 Å². The molecule has 0 radical (unpaired) electrons. The van der Waals surface area contributed by atoms with Crippen LogP contribution in [0.2, 0.25) is 0 Å². The van der Waals surface area contributed by atoms with Gasteiger partial charge in [0.1, 0.15) is 6.61 Å². The molecule has 0 aliphatic carbocycles. The van der Waals surface area contributed by atoms with Gasteiger partial charge in [-0.1, -0.05) is 34.1 Å². The normalized spacial score (nSPS) is 11.8. The lowest BCUT2D eigenvalue weighted by molar-refractivity contribution is -0.173. The smallest absolute Gasteiger partial charge is 0.372 e. The van der Waals surface area contributed by atoms with Crippen LogP contribution in [0, 0.1) is 0 Å². The molecule has 0 heterocycles. The highest BCUT2D eigenvalue weighted by Crippen LogP contribution is 2.17. The van der Waals surface area contributed by atoms with E-state index >= 15 is 0 Å². The number of benzene rings is 1. The Hall–Kier alpha value is -0.550. The minimum absolute atomic E-state index is 0. The quantitative estimate of drug-likeness (QED) is 0.254. The van der Waals surface area contributed by atoms with Gasteiger partial charge in [-0.05, 0) is 18.1 Å². The molecule has 0 bridgehead atoms. The van der Waals surface area contributed by atoms with Crippen LogP contribution in [0.1, 0.15) is 12.0 Å². The summed E-state index contributed by atoms with van der Waals surface area (Å²) in [6, 6.07) is 7.89. The van der Waals surface area contributed by atoms with Crippen molar-refractivity contribution in [3.05, 3.63) is 34.3 Å². The van der Waals surface area contributed by atoms with E-state index in [4.69, 9.17) is 0 Å². The molecular formula is C15H22BrF3IN3O. The molecule has 1 aromatic carbocycles. The zero-order valence-corrected chi connectivity index (χ0v) is 17.5. The Morgan fingerprint density at radius 2 is 2.00 bits per heavy atom. The molecule has 0 aliphatic heterocycles. The van der Waals surface area contributed by atoms with Gasteiger partial charge in [0.25, 0.3) is 0 Å². The van der Waals surface area contributed by atoms with Crippen LogP contribution < -0.4 is 5.32 Å². The van der Waals surface area contributed by atoms with E-state index < -0.39 is 12.8 Å². The molecule has 0 aliphatic rings. The number of hydrogen-bond acceptors (Lipinski definition) is 2. The summed E-state index contributed by atoms with van der Waals surface area (Å²) in [6.07, 6.45) is -3.80. The van der Waals surface area contributed by atoms with Crippen LogP contribution in [0.3, 0.4) is 0 Å². The molecule has 0 fully saturated rings. The van der Waals surface area contributed by atoms with Gasteiger partial charge >= 0.3 is 6.18 Å². The standard InChI is InChI=1S/C15H21BrF3N3O.HI/c1-20-14(21-8-5-9-23-11-15(17,18)19)22(2)10-12-6-3-4-7-13(12)16;/h3-4,6-7H,5,8-11H2,1-2H3,(H,20,21);1H. The number of guanidine groups is 1. The Morgan fingerprint density at radius 3 is 2.58 bits per heavy atom. The molecule has 0 saturated carbocycles. The zero-order valence-electron chi connectivity index (χ0n) is 13.6. The van der Waals surface area contributed by atoms with Crippen molar-refractivity contribution < 1.29 is 17.9 Å². The summed E-state index contributed by atoms with van der Waals surface area (Å²) >= 11 is 3.50. The van der Waals surface area contributed by atoms with Gasteiger partial charge in [0.15, 0.2) is 5.96 Å². The molecule has 0 spiro atoms. The summed E-state index contributed by atoms with van der Waals surface area (Å²) in [7, 11) is 3.56. The molecule has 9 heteroatoms. The Balaban J connectivity index is 0.00000529. The van der Waals surface area contributed by atoms with Gasteiger partial charge in [0.05, 0.1) is 0 Å². The van der Waals surface area contributed by atoms with Gasteiger partial charge in [-0.15, -0.1) is 24.0 Å². The van der Waals surface area contributed by atoms with Gasteiger partial charge in [-0.2, -0.15) is 13.2 Å². The maximum Gasteiger partial charge on any atom is 0.411 e. The van der Waals surface area contributed by atoms with Crippen molar-refractivity contribution in [2.75, 3.05) is 33.9 Å². The summed E-state index contributed by atoms with van der Waals surface area (Å²) in [5, 5.41) is 3.11. The van der Waals surface area contributed by atoms with Crippen molar-refractivity contribution in [1.82, 2.24) is 10.2 Å². The first-order valence-electron chi connectivity index (χ1n) is 7.13. The van der Waals surface area contributed by atoms with E-state index in [0.29, 0.717) is 25.5 Å². The summed E-state index contributed by atoms with van der Waals surface area (Å²) in [6.45, 7) is -0.00237. The molecule has 138 valence electrons. The first-order chi connectivity index (χ1) is 10.8. The number of halogens is 5. The number of alkyl halides is 3. The Morgan fingerprint density at radius 1 is 1.33 bits per heavy atom. The molecule has 0 aromatic heterocycles. The largest absolute Gasteiger partial charge is 0.411 e. The minimum Gasteiger partial charge on any atom is -0.372 e. The predicted molar refractivity (Wildman–Crippen MR) is 104 cm³/mol. The maximum absolute atomic E-state index is 11.9. The van der Waals surface area contributed by atoms with E-state index in [1.54, 1.807) is 7.05 Å². The average molecular weight is 524 g/mol. The topological polar surface area (TPSA) is 36.9 Å². The average Bonchev–Trinajstić information content (AvgIpc) is 2.47. The Kier molecular flexibility index (Phi) is 11.6. The van der Waals surface area contributed by atoms with Crippen LogP contribution in [0.4, 0.5) is 13.2 Å². The highest BCUT2D eigenvalue weighted by Gasteiger charge is 2.27. The third-order valence-corrected chi connectivity index (χ3v) is 3.73. The van der Waals surface area contributed by atoms with Crippen molar-refractivity contribution in [1.29, 1.82) is 0 Å². The summed E-state index contributed by atoms with van der Waals surface area (Å²) in [5.74, 6) is 0.677. The first-order valence-corrected chi connectivity index (χ1v) is 7.92. The van der Waals surface area contributed by atoms with Gasteiger partial charge in [-0.25, -0.2) is 0 Å². The van der Waals surface area contributed by atoms with Gasteiger partial charge in [-0.3, -0.25) is 4.99 Å². The van der Waals surface area contributed by atoms with E-state index in [1.807, 2.05) is 36.2 Å². The lowest BCUT2D eigenvalue weighted by Gasteiger charge is -2.22. The van der Waals surface area contributed by atoms with Crippen molar-refractivity contribution in [3.63, 3.8) is 0 Å². The van der Waals surface area contributed by atoms with Crippen LogP contribution >= 0.6 is 39.9 Å². The minimum atomic E-state index is -4.27. The van der Waals surface area contributed by atoms with Crippen LogP contribution in [-0.4, -0.2) is 50.9 Å². The van der Waals surface area contributed by atoms with E-state index in [2.05, 4.69) is 31.0 Å².